The molecule has 0 amide bonds. The molecule has 130 valence electrons. The van der Waals surface area contributed by atoms with Crippen molar-refractivity contribution < 1.29 is 0 Å². The Morgan fingerprint density at radius 2 is 0.958 bits per heavy atom. The molecule has 2 aromatic carbocycles. The van der Waals surface area contributed by atoms with Crippen molar-refractivity contribution in [3.63, 3.8) is 0 Å². The molecule has 0 fully saturated rings. The molecule has 0 radical (unpaired) electrons. The third-order valence-electron chi connectivity index (χ3n) is 4.07. The van der Waals surface area contributed by atoms with Crippen molar-refractivity contribution in [1.29, 1.82) is 0 Å². The van der Waals surface area contributed by atoms with E-state index in [1.165, 1.54) is 35.3 Å². The maximum Gasteiger partial charge on any atom is 0.0340 e. The van der Waals surface area contributed by atoms with E-state index in [1.54, 1.807) is 0 Å². The van der Waals surface area contributed by atoms with Gasteiger partial charge in [-0.05, 0) is 70.5 Å². The molecular weight excluding hydrogens is 294 g/mol. The number of anilines is 2. The maximum absolute atomic E-state index is 3.52. The van der Waals surface area contributed by atoms with Crippen molar-refractivity contribution in [1.82, 2.24) is 5.32 Å². The summed E-state index contributed by atoms with van der Waals surface area (Å²) in [6.45, 7) is 8.46. The van der Waals surface area contributed by atoms with Crippen molar-refractivity contribution in [3.05, 3.63) is 59.7 Å². The average Bonchev–Trinajstić information content (AvgIpc) is 2.60. The summed E-state index contributed by atoms with van der Waals surface area (Å²) < 4.78 is 0. The maximum atomic E-state index is 3.52. The molecule has 0 aliphatic heterocycles. The number of hydrogen-bond acceptors (Lipinski definition) is 3. The van der Waals surface area contributed by atoms with Crippen molar-refractivity contribution in [3.8, 4) is 0 Å². The second-order valence-corrected chi connectivity index (χ2v) is 6.40. The second-order valence-electron chi connectivity index (χ2n) is 6.40. The molecular formula is C21H31N3. The minimum atomic E-state index is 1.02. The molecule has 0 unspecified atom stereocenters. The Balaban J connectivity index is 1.40. The predicted molar refractivity (Wildman–Crippen MR) is 106 cm³/mol. The lowest BCUT2D eigenvalue weighted by Crippen LogP contribution is -2.19. The van der Waals surface area contributed by atoms with Crippen LogP contribution < -0.4 is 16.0 Å². The van der Waals surface area contributed by atoms with Crippen molar-refractivity contribution in [2.45, 2.75) is 33.1 Å². The van der Waals surface area contributed by atoms with Gasteiger partial charge in [0.1, 0.15) is 0 Å². The minimum Gasteiger partial charge on any atom is -0.385 e. The van der Waals surface area contributed by atoms with Crippen LogP contribution in [0.4, 0.5) is 11.4 Å². The summed E-state index contributed by atoms with van der Waals surface area (Å²) in [5.41, 5.74) is 5.04. The Bertz CT molecular complexity index is 507. The Labute approximate surface area is 146 Å². The zero-order chi connectivity index (χ0) is 17.0. The molecule has 0 saturated carbocycles. The van der Waals surface area contributed by atoms with E-state index in [4.69, 9.17) is 0 Å². The number of benzene rings is 2. The van der Waals surface area contributed by atoms with Crippen LogP contribution in [0.15, 0.2) is 48.5 Å². The molecule has 24 heavy (non-hydrogen) atoms. The molecule has 0 saturated heterocycles. The van der Waals surface area contributed by atoms with Gasteiger partial charge in [-0.15, -0.1) is 0 Å². The monoisotopic (exact) mass is 325 g/mol. The quantitative estimate of drug-likeness (QED) is 0.529. The summed E-state index contributed by atoms with van der Waals surface area (Å²) in [5, 5.41) is 10.4. The first-order chi connectivity index (χ1) is 11.7. The molecule has 0 atom stereocenters. The molecule has 0 aliphatic carbocycles. The first-order valence-corrected chi connectivity index (χ1v) is 9.06. The molecule has 2 rings (SSSR count). The zero-order valence-electron chi connectivity index (χ0n) is 15.1. The van der Waals surface area contributed by atoms with Gasteiger partial charge in [0, 0.05) is 24.5 Å². The van der Waals surface area contributed by atoms with Gasteiger partial charge >= 0.3 is 0 Å². The highest BCUT2D eigenvalue weighted by Gasteiger charge is 1.94. The lowest BCUT2D eigenvalue weighted by atomic mass is 10.2. The summed E-state index contributed by atoms with van der Waals surface area (Å²) in [4.78, 5) is 0. The summed E-state index contributed by atoms with van der Waals surface area (Å²) in [5.74, 6) is 0. The number of hydrogen-bond donors (Lipinski definition) is 3. The van der Waals surface area contributed by atoms with Crippen LogP contribution in [0.2, 0.25) is 0 Å². The Morgan fingerprint density at radius 1 is 0.542 bits per heavy atom. The summed E-state index contributed by atoms with van der Waals surface area (Å²) in [6, 6.07) is 17.2. The SMILES string of the molecule is Cc1ccc(NCCCCNCCCNc2ccc(C)cc2)cc1. The first-order valence-electron chi connectivity index (χ1n) is 9.06. The summed E-state index contributed by atoms with van der Waals surface area (Å²) in [6.07, 6.45) is 3.56. The molecule has 3 nitrogen and oxygen atoms in total. The van der Waals surface area contributed by atoms with Gasteiger partial charge in [-0.25, -0.2) is 0 Å². The molecule has 0 heterocycles. The highest BCUT2D eigenvalue weighted by molar-refractivity contribution is 5.44. The summed E-state index contributed by atoms with van der Waals surface area (Å²) in [7, 11) is 0. The van der Waals surface area contributed by atoms with Crippen LogP contribution in [0.3, 0.4) is 0 Å². The van der Waals surface area contributed by atoms with Gasteiger partial charge in [-0.3, -0.25) is 0 Å². The van der Waals surface area contributed by atoms with E-state index < -0.39 is 0 Å². The van der Waals surface area contributed by atoms with E-state index in [0.717, 1.165) is 32.6 Å². The fraction of sp³-hybridized carbons (Fsp3) is 0.429. The standard InChI is InChI=1S/C21H31N3/c1-18-6-10-20(11-7-18)23-16-4-3-14-22-15-5-17-24-21-12-8-19(2)9-13-21/h6-13,22-24H,3-5,14-17H2,1-2H3. The van der Waals surface area contributed by atoms with Gasteiger partial charge in [0.15, 0.2) is 0 Å². The molecule has 0 bridgehead atoms. The molecule has 0 aliphatic rings. The fourth-order valence-corrected chi connectivity index (χ4v) is 2.52. The third kappa shape index (κ3) is 7.51. The first kappa shape index (κ1) is 18.3. The molecule has 3 heteroatoms. The van der Waals surface area contributed by atoms with Gasteiger partial charge in [-0.2, -0.15) is 0 Å². The Kier molecular flexibility index (Phi) is 8.19. The van der Waals surface area contributed by atoms with E-state index in [2.05, 4.69) is 78.3 Å². The van der Waals surface area contributed by atoms with Crippen LogP contribution in [0.25, 0.3) is 0 Å². The second kappa shape index (κ2) is 10.7. The van der Waals surface area contributed by atoms with Crippen LogP contribution in [0.5, 0.6) is 0 Å². The lowest BCUT2D eigenvalue weighted by molar-refractivity contribution is 0.619. The zero-order valence-corrected chi connectivity index (χ0v) is 15.1. The lowest BCUT2D eigenvalue weighted by Gasteiger charge is -2.09. The molecule has 0 aromatic heterocycles. The highest BCUT2D eigenvalue weighted by atomic mass is 14.9. The van der Waals surface area contributed by atoms with Crippen LogP contribution >= 0.6 is 0 Å². The van der Waals surface area contributed by atoms with Gasteiger partial charge < -0.3 is 16.0 Å². The van der Waals surface area contributed by atoms with Gasteiger partial charge in [0.05, 0.1) is 0 Å². The van der Waals surface area contributed by atoms with Crippen molar-refractivity contribution >= 4 is 11.4 Å². The Hall–Kier alpha value is -2.00. The van der Waals surface area contributed by atoms with Gasteiger partial charge in [-0.1, -0.05) is 35.4 Å². The molecule has 3 N–H and O–H groups in total. The topological polar surface area (TPSA) is 36.1 Å². The predicted octanol–water partition coefficient (Wildman–Crippen LogP) is 4.59. The van der Waals surface area contributed by atoms with Crippen LogP contribution in [-0.4, -0.2) is 26.2 Å². The smallest absolute Gasteiger partial charge is 0.0340 e. The molecule has 2 aromatic rings. The van der Waals surface area contributed by atoms with E-state index in [9.17, 15) is 0 Å². The van der Waals surface area contributed by atoms with E-state index in [0.29, 0.717) is 0 Å². The fourth-order valence-electron chi connectivity index (χ4n) is 2.52. The summed E-state index contributed by atoms with van der Waals surface area (Å²) >= 11 is 0. The van der Waals surface area contributed by atoms with Gasteiger partial charge in [0.25, 0.3) is 0 Å². The van der Waals surface area contributed by atoms with Crippen LogP contribution in [0, 0.1) is 13.8 Å². The number of unbranched alkanes of at least 4 members (excludes halogenated alkanes) is 1. The van der Waals surface area contributed by atoms with Crippen LogP contribution in [-0.2, 0) is 0 Å². The normalized spacial score (nSPS) is 10.6. The highest BCUT2D eigenvalue weighted by Crippen LogP contribution is 2.09. The van der Waals surface area contributed by atoms with E-state index >= 15 is 0 Å². The van der Waals surface area contributed by atoms with Crippen molar-refractivity contribution in [2.75, 3.05) is 36.8 Å². The third-order valence-corrected chi connectivity index (χ3v) is 4.07. The minimum absolute atomic E-state index is 1.02. The number of rotatable bonds is 11. The Morgan fingerprint density at radius 3 is 1.50 bits per heavy atom. The average molecular weight is 326 g/mol. The number of aryl methyl sites for hydroxylation is 2. The molecule has 0 spiro atoms. The van der Waals surface area contributed by atoms with Gasteiger partial charge in [0.2, 0.25) is 0 Å². The van der Waals surface area contributed by atoms with Crippen LogP contribution in [0.1, 0.15) is 30.4 Å². The largest absolute Gasteiger partial charge is 0.385 e. The van der Waals surface area contributed by atoms with Crippen molar-refractivity contribution in [2.24, 2.45) is 0 Å². The van der Waals surface area contributed by atoms with E-state index in [-0.39, 0.29) is 0 Å². The number of nitrogens with one attached hydrogen (secondary N) is 3. The van der Waals surface area contributed by atoms with E-state index in [1.807, 2.05) is 0 Å².